The van der Waals surface area contributed by atoms with Crippen LogP contribution in [-0.2, 0) is 35.2 Å². The SMILES string of the molecule is C[C@H](NC(=O)CN)C(=O)NCC(=O)N1C[C@@H](O)C[C@@H]1C(=O)N1CCC[C@H]1C(=O)N[C@@H](Cc1ccc(O)cc1)C(N)=O. The van der Waals surface area contributed by atoms with Gasteiger partial charge in [0.05, 0.1) is 19.2 Å². The number of primary amides is 1. The molecule has 2 heterocycles. The Morgan fingerprint density at radius 2 is 1.73 bits per heavy atom. The summed E-state index contributed by atoms with van der Waals surface area (Å²) in [5.74, 6) is -3.61. The number of phenols is 1. The van der Waals surface area contributed by atoms with Crippen LogP contribution in [0.25, 0.3) is 0 Å². The normalized spacial score (nSPS) is 21.6. The molecule has 3 rings (SSSR count). The van der Waals surface area contributed by atoms with Crippen molar-refractivity contribution in [2.45, 2.75) is 62.9 Å². The minimum Gasteiger partial charge on any atom is -0.508 e. The molecule has 15 nitrogen and oxygen atoms in total. The molecule has 1 aromatic carbocycles. The molecule has 0 saturated carbocycles. The number of nitrogens with one attached hydrogen (secondary N) is 3. The average molecular weight is 576 g/mol. The zero-order valence-electron chi connectivity index (χ0n) is 22.7. The van der Waals surface area contributed by atoms with Gasteiger partial charge in [-0.25, -0.2) is 0 Å². The highest BCUT2D eigenvalue weighted by atomic mass is 16.3. The Bertz CT molecular complexity index is 1160. The monoisotopic (exact) mass is 575 g/mol. The molecule has 6 amide bonds. The Morgan fingerprint density at radius 3 is 2.37 bits per heavy atom. The first-order chi connectivity index (χ1) is 19.4. The largest absolute Gasteiger partial charge is 0.508 e. The molecular weight excluding hydrogens is 538 g/mol. The third kappa shape index (κ3) is 8.14. The number of aromatic hydroxyl groups is 1. The van der Waals surface area contributed by atoms with Gasteiger partial charge in [-0.15, -0.1) is 0 Å². The van der Waals surface area contributed by atoms with Gasteiger partial charge in [0.25, 0.3) is 0 Å². The van der Waals surface area contributed by atoms with Crippen LogP contribution in [0, 0.1) is 0 Å². The van der Waals surface area contributed by atoms with Crippen molar-refractivity contribution < 1.29 is 39.0 Å². The molecule has 0 aromatic heterocycles. The van der Waals surface area contributed by atoms with Crippen LogP contribution in [0.4, 0.5) is 0 Å². The maximum Gasteiger partial charge on any atom is 0.246 e. The molecule has 2 saturated heterocycles. The molecule has 2 fully saturated rings. The second-order valence-corrected chi connectivity index (χ2v) is 10.2. The molecule has 0 unspecified atom stereocenters. The number of hydrogen-bond donors (Lipinski definition) is 7. The Kier molecular flexibility index (Phi) is 10.6. The number of carbonyl (C=O) groups excluding carboxylic acids is 6. The van der Waals surface area contributed by atoms with Crippen molar-refractivity contribution in [1.29, 1.82) is 0 Å². The molecule has 15 heteroatoms. The van der Waals surface area contributed by atoms with E-state index in [1.807, 2.05) is 0 Å². The van der Waals surface area contributed by atoms with Gasteiger partial charge in [-0.05, 0) is 37.5 Å². The van der Waals surface area contributed by atoms with Crippen LogP contribution >= 0.6 is 0 Å². The van der Waals surface area contributed by atoms with Gasteiger partial charge in [0.1, 0.15) is 29.9 Å². The van der Waals surface area contributed by atoms with Gasteiger partial charge in [-0.2, -0.15) is 0 Å². The summed E-state index contributed by atoms with van der Waals surface area (Å²) in [7, 11) is 0. The van der Waals surface area contributed by atoms with E-state index in [1.54, 1.807) is 12.1 Å². The highest BCUT2D eigenvalue weighted by molar-refractivity contribution is 5.96. The lowest BCUT2D eigenvalue weighted by atomic mass is 10.0. The van der Waals surface area contributed by atoms with Gasteiger partial charge < -0.3 is 47.4 Å². The molecule has 1 aromatic rings. The zero-order valence-corrected chi connectivity index (χ0v) is 22.7. The van der Waals surface area contributed by atoms with Crippen LogP contribution in [0.3, 0.4) is 0 Å². The van der Waals surface area contributed by atoms with E-state index in [4.69, 9.17) is 11.5 Å². The number of rotatable bonds is 11. The number of amides is 6. The Hall–Kier alpha value is -4.24. The van der Waals surface area contributed by atoms with E-state index < -0.39 is 72.3 Å². The van der Waals surface area contributed by atoms with E-state index in [0.717, 1.165) is 0 Å². The fraction of sp³-hybridized carbons (Fsp3) is 0.538. The van der Waals surface area contributed by atoms with Gasteiger partial charge in [-0.3, -0.25) is 28.8 Å². The van der Waals surface area contributed by atoms with Gasteiger partial charge in [0.2, 0.25) is 35.4 Å². The fourth-order valence-corrected chi connectivity index (χ4v) is 4.96. The summed E-state index contributed by atoms with van der Waals surface area (Å²) in [5.41, 5.74) is 11.4. The second-order valence-electron chi connectivity index (χ2n) is 10.2. The minimum absolute atomic E-state index is 0.0446. The van der Waals surface area contributed by atoms with Crippen molar-refractivity contribution in [3.8, 4) is 5.75 Å². The summed E-state index contributed by atoms with van der Waals surface area (Å²) < 4.78 is 0. The van der Waals surface area contributed by atoms with Crippen LogP contribution in [-0.4, -0.2) is 112 Å². The number of phenolic OH excluding ortho intramolecular Hbond substituents is 1. The Labute approximate surface area is 236 Å². The maximum atomic E-state index is 13.5. The van der Waals surface area contributed by atoms with Crippen LogP contribution in [0.1, 0.15) is 31.7 Å². The summed E-state index contributed by atoms with van der Waals surface area (Å²) in [6, 6.07) is 2.12. The molecule has 224 valence electrons. The number of nitrogens with zero attached hydrogens (tertiary/aromatic N) is 2. The van der Waals surface area contributed by atoms with Gasteiger partial charge in [-0.1, -0.05) is 12.1 Å². The molecule has 0 bridgehead atoms. The zero-order chi connectivity index (χ0) is 30.3. The summed E-state index contributed by atoms with van der Waals surface area (Å²) >= 11 is 0. The van der Waals surface area contributed by atoms with Gasteiger partial charge in [0.15, 0.2) is 0 Å². The van der Waals surface area contributed by atoms with E-state index in [1.165, 1.54) is 28.9 Å². The van der Waals surface area contributed by atoms with E-state index in [0.29, 0.717) is 18.4 Å². The molecule has 5 atom stereocenters. The van der Waals surface area contributed by atoms with E-state index in [9.17, 15) is 39.0 Å². The fourth-order valence-electron chi connectivity index (χ4n) is 4.96. The number of β-amino-alcohol motifs (C(OH)–C–C–N with tert-alkyl or cyclic N) is 1. The molecular formula is C26H37N7O8. The highest BCUT2D eigenvalue weighted by Crippen LogP contribution is 2.25. The van der Waals surface area contributed by atoms with Crippen molar-refractivity contribution in [1.82, 2.24) is 25.8 Å². The van der Waals surface area contributed by atoms with Crippen molar-refractivity contribution in [2.75, 3.05) is 26.2 Å². The minimum atomic E-state index is -1.06. The van der Waals surface area contributed by atoms with Crippen molar-refractivity contribution in [3.05, 3.63) is 29.8 Å². The smallest absolute Gasteiger partial charge is 0.246 e. The number of aliphatic hydroxyl groups excluding tert-OH is 1. The Morgan fingerprint density at radius 1 is 1.05 bits per heavy atom. The van der Waals surface area contributed by atoms with Crippen LogP contribution < -0.4 is 27.4 Å². The lowest BCUT2D eigenvalue weighted by molar-refractivity contribution is -0.146. The summed E-state index contributed by atoms with van der Waals surface area (Å²) in [6.07, 6.45) is -0.107. The van der Waals surface area contributed by atoms with Crippen LogP contribution in [0.5, 0.6) is 5.75 Å². The van der Waals surface area contributed by atoms with Gasteiger partial charge >= 0.3 is 0 Å². The number of hydrogen-bond acceptors (Lipinski definition) is 9. The van der Waals surface area contributed by atoms with Crippen LogP contribution in [0.2, 0.25) is 0 Å². The van der Waals surface area contributed by atoms with Gasteiger partial charge in [0, 0.05) is 25.9 Å². The number of carbonyl (C=O) groups is 6. The predicted octanol–water partition coefficient (Wildman–Crippen LogP) is -3.56. The number of aliphatic hydroxyl groups is 1. The highest BCUT2D eigenvalue weighted by Gasteiger charge is 2.45. The quantitative estimate of drug-likeness (QED) is 0.138. The second kappa shape index (κ2) is 13.9. The first kappa shape index (κ1) is 31.3. The van der Waals surface area contributed by atoms with E-state index in [2.05, 4.69) is 16.0 Å². The summed E-state index contributed by atoms with van der Waals surface area (Å²) in [6.45, 7) is 0.750. The number of nitrogens with two attached hydrogens (primary N) is 2. The van der Waals surface area contributed by atoms with E-state index in [-0.39, 0.29) is 38.2 Å². The third-order valence-electron chi connectivity index (χ3n) is 7.13. The number of likely N-dealkylation sites (tertiary alicyclic amines) is 2. The molecule has 0 spiro atoms. The summed E-state index contributed by atoms with van der Waals surface area (Å²) in [4.78, 5) is 77.9. The molecule has 2 aliphatic rings. The molecule has 2 aliphatic heterocycles. The molecule has 9 N–H and O–H groups in total. The first-order valence-corrected chi connectivity index (χ1v) is 13.3. The molecule has 41 heavy (non-hydrogen) atoms. The average Bonchev–Trinajstić information content (AvgIpc) is 3.59. The van der Waals surface area contributed by atoms with Crippen molar-refractivity contribution >= 4 is 35.4 Å². The number of benzene rings is 1. The molecule has 0 radical (unpaired) electrons. The first-order valence-electron chi connectivity index (χ1n) is 13.3. The molecule has 0 aliphatic carbocycles. The lowest BCUT2D eigenvalue weighted by Gasteiger charge is -2.31. The summed E-state index contributed by atoms with van der Waals surface area (Å²) in [5, 5.41) is 27.1. The van der Waals surface area contributed by atoms with Crippen molar-refractivity contribution in [2.24, 2.45) is 11.5 Å². The standard InChI is InChI=1S/C26H37N7O8/c1-14(30-21(36)11-27)24(39)29-12-22(37)33-13-17(35)10-20(33)26(41)32-8-2-3-19(32)25(40)31-18(23(28)38)9-15-4-6-16(34)7-5-15/h4-7,14,17-20,34-35H,2-3,8-13,27H2,1H3,(H2,28,38)(H,29,39)(H,30,36)(H,31,40)/t14-,17-,18-,19-,20+/m0/s1. The predicted molar refractivity (Wildman–Crippen MR) is 143 cm³/mol. The van der Waals surface area contributed by atoms with E-state index >= 15 is 0 Å². The Balaban J connectivity index is 1.63. The maximum absolute atomic E-state index is 13.5. The topological polar surface area (TPSA) is 237 Å². The van der Waals surface area contributed by atoms with Crippen molar-refractivity contribution in [3.63, 3.8) is 0 Å². The lowest BCUT2D eigenvalue weighted by Crippen LogP contribution is -2.56. The van der Waals surface area contributed by atoms with Crippen LogP contribution in [0.15, 0.2) is 24.3 Å². The third-order valence-corrected chi connectivity index (χ3v) is 7.13.